The average molecular weight is 632 g/mol. The second-order valence-electron chi connectivity index (χ2n) is 12.0. The summed E-state index contributed by atoms with van der Waals surface area (Å²) < 4.78 is 9.27. The third-order valence-corrected chi connectivity index (χ3v) is 10.3. The molecule has 0 saturated carbocycles. The first-order chi connectivity index (χ1) is 23.8. The number of aromatic nitrogens is 3. The molecule has 4 nitrogen and oxygen atoms in total. The highest BCUT2D eigenvalue weighted by atomic mass is 32.1. The summed E-state index contributed by atoms with van der Waals surface area (Å²) in [7, 11) is 0. The van der Waals surface area contributed by atoms with Crippen molar-refractivity contribution in [3.05, 3.63) is 152 Å². The first-order valence-electron chi connectivity index (χ1n) is 15.9. The molecule has 0 saturated heterocycles. The van der Waals surface area contributed by atoms with Gasteiger partial charge in [-0.2, -0.15) is 0 Å². The van der Waals surface area contributed by atoms with Crippen LogP contribution in [0.1, 0.15) is 0 Å². The maximum absolute atomic E-state index is 6.75. The van der Waals surface area contributed by atoms with Gasteiger partial charge in [0.2, 0.25) is 0 Å². The van der Waals surface area contributed by atoms with E-state index in [-0.39, 0.29) is 0 Å². The van der Waals surface area contributed by atoms with Crippen LogP contribution >= 0.6 is 11.3 Å². The van der Waals surface area contributed by atoms with Crippen LogP contribution in [0.15, 0.2) is 156 Å². The van der Waals surface area contributed by atoms with Crippen LogP contribution in [0.2, 0.25) is 0 Å². The maximum Gasteiger partial charge on any atom is 0.164 e. The van der Waals surface area contributed by atoms with Gasteiger partial charge in [-0.1, -0.05) is 121 Å². The highest BCUT2D eigenvalue weighted by molar-refractivity contribution is 7.26. The van der Waals surface area contributed by atoms with E-state index in [4.69, 9.17) is 19.4 Å². The van der Waals surface area contributed by atoms with Crippen molar-refractivity contribution in [2.75, 3.05) is 0 Å². The molecule has 0 aliphatic rings. The molecule has 7 aromatic carbocycles. The molecule has 48 heavy (non-hydrogen) atoms. The summed E-state index contributed by atoms with van der Waals surface area (Å²) in [5, 5.41) is 7.06. The Labute approximate surface area is 279 Å². The zero-order valence-corrected chi connectivity index (χ0v) is 26.4. The molecular formula is C43H25N3OS. The second-order valence-corrected chi connectivity index (χ2v) is 13.0. The van der Waals surface area contributed by atoms with Crippen molar-refractivity contribution >= 4 is 64.2 Å². The van der Waals surface area contributed by atoms with Crippen LogP contribution in [0, 0.1) is 0 Å². The van der Waals surface area contributed by atoms with E-state index in [1.807, 2.05) is 84.1 Å². The Kier molecular flexibility index (Phi) is 6.01. The Balaban J connectivity index is 1.25. The molecule has 0 amide bonds. The molecule has 3 heterocycles. The normalized spacial score (nSPS) is 11.8. The lowest BCUT2D eigenvalue weighted by Crippen LogP contribution is -2.00. The molecule has 0 aliphatic heterocycles. The van der Waals surface area contributed by atoms with Gasteiger partial charge in [-0.25, -0.2) is 15.0 Å². The monoisotopic (exact) mass is 631 g/mol. The molecule has 0 unspecified atom stereocenters. The predicted octanol–water partition coefficient (Wildman–Crippen LogP) is 12.0. The van der Waals surface area contributed by atoms with Gasteiger partial charge >= 0.3 is 0 Å². The highest BCUT2D eigenvalue weighted by Gasteiger charge is 2.22. The number of benzene rings is 7. The molecule has 0 radical (unpaired) electrons. The predicted molar refractivity (Wildman–Crippen MR) is 199 cm³/mol. The topological polar surface area (TPSA) is 51.8 Å². The van der Waals surface area contributed by atoms with Crippen molar-refractivity contribution in [3.8, 4) is 45.3 Å². The van der Waals surface area contributed by atoms with Gasteiger partial charge in [0.25, 0.3) is 0 Å². The quantitative estimate of drug-likeness (QED) is 0.194. The van der Waals surface area contributed by atoms with Gasteiger partial charge in [0.1, 0.15) is 11.2 Å². The first kappa shape index (κ1) is 27.0. The summed E-state index contributed by atoms with van der Waals surface area (Å²) in [4.78, 5) is 15.1. The van der Waals surface area contributed by atoms with E-state index in [0.29, 0.717) is 17.5 Å². The van der Waals surface area contributed by atoms with E-state index >= 15 is 0 Å². The van der Waals surface area contributed by atoms with Crippen molar-refractivity contribution < 1.29 is 4.42 Å². The van der Waals surface area contributed by atoms with Crippen LogP contribution in [0.4, 0.5) is 0 Å². The Morgan fingerprint density at radius 1 is 0.438 bits per heavy atom. The molecule has 10 rings (SSSR count). The van der Waals surface area contributed by atoms with Crippen LogP contribution < -0.4 is 0 Å². The third-order valence-electron chi connectivity index (χ3n) is 9.12. The number of hydrogen-bond donors (Lipinski definition) is 0. The molecule has 0 spiro atoms. The van der Waals surface area contributed by atoms with Gasteiger partial charge in [0, 0.05) is 58.8 Å². The fraction of sp³-hybridized carbons (Fsp3) is 0. The summed E-state index contributed by atoms with van der Waals surface area (Å²) in [5.74, 6) is 1.87. The second kappa shape index (κ2) is 10.7. The van der Waals surface area contributed by atoms with Gasteiger partial charge in [-0.05, 0) is 41.1 Å². The minimum Gasteiger partial charge on any atom is -0.455 e. The Morgan fingerprint density at radius 3 is 1.79 bits per heavy atom. The molecule has 0 atom stereocenters. The standard InChI is InChI=1S/C43H25N3OS/c1-3-12-26(13-4-1)41-44-42(27-14-5-2-6-15-27)46-43(45-41)34-23-22-30(39-38(34)33-18-9-10-21-36(33)47-39)31-19-11-20-32-35-24-28-16-7-8-17-29(28)25-37(35)48-40(31)32/h1-25H. The van der Waals surface area contributed by atoms with Crippen LogP contribution in [0.5, 0.6) is 0 Å². The minimum atomic E-state index is 0.609. The van der Waals surface area contributed by atoms with Crippen molar-refractivity contribution in [3.63, 3.8) is 0 Å². The van der Waals surface area contributed by atoms with E-state index in [1.165, 1.54) is 30.9 Å². The lowest BCUT2D eigenvalue weighted by molar-refractivity contribution is 0.670. The van der Waals surface area contributed by atoms with Gasteiger partial charge in [-0.15, -0.1) is 11.3 Å². The zero-order chi connectivity index (χ0) is 31.6. The summed E-state index contributed by atoms with van der Waals surface area (Å²) in [6, 6.07) is 52.6. The van der Waals surface area contributed by atoms with Crippen molar-refractivity contribution in [1.82, 2.24) is 15.0 Å². The maximum atomic E-state index is 6.75. The molecule has 5 heteroatoms. The Bertz CT molecular complexity index is 2780. The van der Waals surface area contributed by atoms with Crippen molar-refractivity contribution in [1.29, 1.82) is 0 Å². The summed E-state index contributed by atoms with van der Waals surface area (Å²) >= 11 is 1.84. The van der Waals surface area contributed by atoms with E-state index < -0.39 is 0 Å². The zero-order valence-electron chi connectivity index (χ0n) is 25.6. The first-order valence-corrected chi connectivity index (χ1v) is 16.8. The SMILES string of the molecule is c1ccc(-c2nc(-c3ccccc3)nc(-c3ccc(-c4cccc5c4sc4cc6ccccc6cc45)c4oc5ccccc5c34)n2)cc1. The van der Waals surface area contributed by atoms with Gasteiger partial charge in [-0.3, -0.25) is 0 Å². The lowest BCUT2D eigenvalue weighted by Gasteiger charge is -2.11. The molecular weight excluding hydrogens is 607 g/mol. The number of hydrogen-bond acceptors (Lipinski definition) is 5. The summed E-state index contributed by atoms with van der Waals surface area (Å²) in [5.41, 5.74) is 6.64. The number of furan rings is 1. The molecule has 0 bridgehead atoms. The molecule has 0 fully saturated rings. The number of nitrogens with zero attached hydrogens (tertiary/aromatic N) is 3. The smallest absolute Gasteiger partial charge is 0.164 e. The van der Waals surface area contributed by atoms with Crippen molar-refractivity contribution in [2.24, 2.45) is 0 Å². The van der Waals surface area contributed by atoms with Crippen LogP contribution in [0.3, 0.4) is 0 Å². The van der Waals surface area contributed by atoms with Crippen LogP contribution in [-0.4, -0.2) is 15.0 Å². The summed E-state index contributed by atoms with van der Waals surface area (Å²) in [6.07, 6.45) is 0. The summed E-state index contributed by atoms with van der Waals surface area (Å²) in [6.45, 7) is 0. The van der Waals surface area contributed by atoms with Gasteiger partial charge in [0.05, 0.1) is 0 Å². The molecule has 0 aliphatic carbocycles. The third kappa shape index (κ3) is 4.25. The highest BCUT2D eigenvalue weighted by Crippen LogP contribution is 2.46. The van der Waals surface area contributed by atoms with E-state index in [1.54, 1.807) is 0 Å². The average Bonchev–Trinajstić information content (AvgIpc) is 3.73. The van der Waals surface area contributed by atoms with Crippen LogP contribution in [-0.2, 0) is 0 Å². The molecule has 10 aromatic rings. The molecule has 3 aromatic heterocycles. The lowest BCUT2D eigenvalue weighted by atomic mass is 9.96. The fourth-order valence-corrected chi connectivity index (χ4v) is 8.11. The van der Waals surface area contributed by atoms with Gasteiger partial charge in [0.15, 0.2) is 17.5 Å². The number of para-hydroxylation sites is 1. The molecule has 224 valence electrons. The largest absolute Gasteiger partial charge is 0.455 e. The Hall–Kier alpha value is -6.17. The minimum absolute atomic E-state index is 0.609. The Morgan fingerprint density at radius 2 is 1.04 bits per heavy atom. The fourth-order valence-electron chi connectivity index (χ4n) is 6.85. The number of rotatable bonds is 4. The number of thiophene rings is 1. The van der Waals surface area contributed by atoms with Gasteiger partial charge < -0.3 is 4.42 Å². The van der Waals surface area contributed by atoms with Crippen LogP contribution in [0.25, 0.3) is 98.2 Å². The number of fused-ring (bicyclic) bond motifs is 7. The van der Waals surface area contributed by atoms with Crippen molar-refractivity contribution in [2.45, 2.75) is 0 Å². The molecule has 0 N–H and O–H groups in total. The van der Waals surface area contributed by atoms with E-state index in [2.05, 4.69) is 78.9 Å². The van der Waals surface area contributed by atoms with E-state index in [9.17, 15) is 0 Å². The van der Waals surface area contributed by atoms with E-state index in [0.717, 1.165) is 49.8 Å².